The molecular weight excluding hydrogens is 414 g/mol. The monoisotopic (exact) mass is 439 g/mol. The predicted octanol–water partition coefficient (Wildman–Crippen LogP) is 5.26. The first-order chi connectivity index (χ1) is 16.0. The summed E-state index contributed by atoms with van der Waals surface area (Å²) in [5.41, 5.74) is 7.19. The van der Waals surface area contributed by atoms with E-state index in [-0.39, 0.29) is 5.91 Å². The van der Waals surface area contributed by atoms with Crippen molar-refractivity contribution in [2.24, 2.45) is 0 Å². The number of hydrogen-bond acceptors (Lipinski definition) is 4. The van der Waals surface area contributed by atoms with Crippen molar-refractivity contribution in [3.8, 4) is 6.07 Å². The molecule has 33 heavy (non-hydrogen) atoms. The van der Waals surface area contributed by atoms with E-state index in [1.54, 1.807) is 29.3 Å². The summed E-state index contributed by atoms with van der Waals surface area (Å²) in [6.07, 6.45) is 2.50. The second-order valence-electron chi connectivity index (χ2n) is 7.90. The summed E-state index contributed by atoms with van der Waals surface area (Å²) in [5.74, 6) is 0.140. The van der Waals surface area contributed by atoms with E-state index in [4.69, 9.17) is 0 Å². The zero-order valence-electron chi connectivity index (χ0n) is 18.4. The molecule has 1 aliphatic rings. The number of rotatable bonds is 5. The largest absolute Gasteiger partial charge is 0.338 e. The van der Waals surface area contributed by atoms with Gasteiger partial charge in [0.2, 0.25) is 5.91 Å². The van der Waals surface area contributed by atoms with Crippen molar-refractivity contribution < 1.29 is 9.59 Å². The maximum atomic E-state index is 12.9. The van der Waals surface area contributed by atoms with Gasteiger partial charge in [0.25, 0.3) is 0 Å². The number of aryl methyl sites for hydroxylation is 1. The van der Waals surface area contributed by atoms with Crippen LogP contribution >= 0.6 is 0 Å². The molecule has 7 heteroatoms. The molecule has 1 saturated heterocycles. The molecule has 2 N–H and O–H groups in total. The first kappa shape index (κ1) is 21.9. The lowest BCUT2D eigenvalue weighted by Gasteiger charge is -2.28. The zero-order chi connectivity index (χ0) is 23.2. The number of carbonyl (C=O) groups excluding carboxylic acids is 2. The number of hydrazine groups is 1. The number of amides is 3. The van der Waals surface area contributed by atoms with E-state index in [9.17, 15) is 14.9 Å². The van der Waals surface area contributed by atoms with E-state index in [1.807, 2.05) is 60.4 Å². The van der Waals surface area contributed by atoms with E-state index < -0.39 is 6.03 Å². The molecular formula is C26H25N5O2. The molecule has 7 nitrogen and oxygen atoms in total. The smallest absolute Gasteiger partial charge is 0.312 e. The van der Waals surface area contributed by atoms with Gasteiger partial charge in [0, 0.05) is 24.3 Å². The van der Waals surface area contributed by atoms with Gasteiger partial charge in [0.1, 0.15) is 0 Å². The Kier molecular flexibility index (Phi) is 6.56. The molecule has 3 aromatic rings. The van der Waals surface area contributed by atoms with Crippen LogP contribution < -0.4 is 20.7 Å². The van der Waals surface area contributed by atoms with Crippen LogP contribution in [0.2, 0.25) is 0 Å². The van der Waals surface area contributed by atoms with Crippen molar-refractivity contribution in [3.05, 3.63) is 83.9 Å². The Morgan fingerprint density at radius 3 is 2.52 bits per heavy atom. The molecule has 0 aromatic heterocycles. The van der Waals surface area contributed by atoms with Gasteiger partial charge in [0.15, 0.2) is 0 Å². The molecule has 3 aromatic carbocycles. The minimum absolute atomic E-state index is 0.140. The minimum Gasteiger partial charge on any atom is -0.312 e. The first-order valence-corrected chi connectivity index (χ1v) is 10.9. The molecule has 0 bridgehead atoms. The van der Waals surface area contributed by atoms with Crippen molar-refractivity contribution in [1.29, 1.82) is 5.26 Å². The molecule has 0 atom stereocenters. The van der Waals surface area contributed by atoms with Crippen molar-refractivity contribution in [2.45, 2.75) is 26.2 Å². The van der Waals surface area contributed by atoms with Gasteiger partial charge in [-0.3, -0.25) is 9.80 Å². The van der Waals surface area contributed by atoms with Crippen molar-refractivity contribution >= 4 is 34.7 Å². The van der Waals surface area contributed by atoms with Crippen LogP contribution in [0.25, 0.3) is 0 Å². The number of urea groups is 1. The van der Waals surface area contributed by atoms with Gasteiger partial charge in [-0.2, -0.15) is 5.26 Å². The normalized spacial score (nSPS) is 13.2. The van der Waals surface area contributed by atoms with Crippen molar-refractivity contribution in [1.82, 2.24) is 5.43 Å². The fourth-order valence-corrected chi connectivity index (χ4v) is 3.93. The lowest BCUT2D eigenvalue weighted by molar-refractivity contribution is -0.119. The maximum Gasteiger partial charge on any atom is 0.338 e. The molecule has 0 aliphatic carbocycles. The Labute approximate surface area is 193 Å². The molecule has 1 fully saturated rings. The van der Waals surface area contributed by atoms with Crippen LogP contribution in [0.3, 0.4) is 0 Å². The maximum absolute atomic E-state index is 12.9. The van der Waals surface area contributed by atoms with Crippen LogP contribution in [0.1, 0.15) is 30.4 Å². The summed E-state index contributed by atoms with van der Waals surface area (Å²) in [5, 5.41) is 13.7. The van der Waals surface area contributed by atoms with E-state index in [0.717, 1.165) is 36.3 Å². The van der Waals surface area contributed by atoms with Crippen LogP contribution in [0.5, 0.6) is 0 Å². The highest BCUT2D eigenvalue weighted by atomic mass is 16.2. The first-order valence-electron chi connectivity index (χ1n) is 10.9. The summed E-state index contributed by atoms with van der Waals surface area (Å²) in [4.78, 5) is 27.0. The molecule has 4 rings (SSSR count). The third kappa shape index (κ3) is 5.13. The predicted molar refractivity (Wildman–Crippen MR) is 129 cm³/mol. The topological polar surface area (TPSA) is 88.5 Å². The fourth-order valence-electron chi connectivity index (χ4n) is 3.93. The summed E-state index contributed by atoms with van der Waals surface area (Å²) in [7, 11) is 0. The Morgan fingerprint density at radius 2 is 1.79 bits per heavy atom. The van der Waals surface area contributed by atoms with E-state index in [2.05, 4.69) is 16.8 Å². The number of nitrogens with zero attached hydrogens (tertiary/aromatic N) is 3. The Morgan fingerprint density at radius 1 is 1.00 bits per heavy atom. The van der Waals surface area contributed by atoms with Gasteiger partial charge in [-0.1, -0.05) is 24.3 Å². The summed E-state index contributed by atoms with van der Waals surface area (Å²) < 4.78 is 0. The number of hydrogen-bond donors (Lipinski definition) is 2. The number of para-hydroxylation sites is 1. The molecule has 0 radical (unpaired) electrons. The van der Waals surface area contributed by atoms with Gasteiger partial charge in [-0.25, -0.2) is 10.2 Å². The van der Waals surface area contributed by atoms with E-state index in [1.165, 1.54) is 0 Å². The quantitative estimate of drug-likeness (QED) is 0.531. The van der Waals surface area contributed by atoms with E-state index in [0.29, 0.717) is 23.4 Å². The Hall–Kier alpha value is -4.31. The van der Waals surface area contributed by atoms with Gasteiger partial charge >= 0.3 is 6.03 Å². The molecule has 3 amide bonds. The van der Waals surface area contributed by atoms with Crippen LogP contribution in [-0.4, -0.2) is 18.5 Å². The van der Waals surface area contributed by atoms with Crippen LogP contribution in [0, 0.1) is 18.3 Å². The van der Waals surface area contributed by atoms with E-state index >= 15 is 0 Å². The van der Waals surface area contributed by atoms with Gasteiger partial charge < -0.3 is 10.2 Å². The molecule has 0 saturated carbocycles. The highest BCUT2D eigenvalue weighted by Crippen LogP contribution is 2.28. The number of benzene rings is 3. The highest BCUT2D eigenvalue weighted by molar-refractivity contribution is 5.96. The number of carbonyl (C=O) groups is 2. The van der Waals surface area contributed by atoms with Gasteiger partial charge in [-0.05, 0) is 73.9 Å². The third-order valence-electron chi connectivity index (χ3n) is 5.53. The third-order valence-corrected chi connectivity index (χ3v) is 5.53. The molecule has 0 spiro atoms. The Bertz CT molecular complexity index is 1200. The second kappa shape index (κ2) is 9.88. The number of nitriles is 1. The summed E-state index contributed by atoms with van der Waals surface area (Å²) in [6.45, 7) is 2.66. The van der Waals surface area contributed by atoms with Crippen LogP contribution in [0.4, 0.5) is 27.5 Å². The average molecular weight is 440 g/mol. The molecule has 166 valence electrons. The SMILES string of the molecule is Cc1cc(NC(=O)NN(c2ccccc2)c2cccc(C#N)c2)ccc1N1CCCCC1=O. The Balaban J connectivity index is 1.52. The highest BCUT2D eigenvalue weighted by Gasteiger charge is 2.21. The summed E-state index contributed by atoms with van der Waals surface area (Å²) >= 11 is 0. The standard InChI is InChI=1S/C26H25N5O2/c1-19-16-21(13-14-24(19)30-15-6-5-12-25(30)32)28-26(33)29-31(22-9-3-2-4-10-22)23-11-7-8-20(17-23)18-27/h2-4,7-11,13-14,16-17H,5-6,12,15H2,1H3,(H2,28,29,33). The zero-order valence-corrected chi connectivity index (χ0v) is 18.4. The van der Waals surface area contributed by atoms with Gasteiger partial charge in [-0.15, -0.1) is 0 Å². The molecule has 1 aliphatic heterocycles. The van der Waals surface area contributed by atoms with Crippen LogP contribution in [-0.2, 0) is 4.79 Å². The molecule has 1 heterocycles. The number of anilines is 4. The summed E-state index contributed by atoms with van der Waals surface area (Å²) in [6, 6.07) is 23.6. The van der Waals surface area contributed by atoms with Crippen molar-refractivity contribution in [2.75, 3.05) is 21.8 Å². The number of piperidine rings is 1. The minimum atomic E-state index is -0.428. The fraction of sp³-hybridized carbons (Fsp3) is 0.192. The lowest BCUT2D eigenvalue weighted by atomic mass is 10.1. The van der Waals surface area contributed by atoms with Crippen LogP contribution in [0.15, 0.2) is 72.8 Å². The molecule has 0 unspecified atom stereocenters. The lowest BCUT2D eigenvalue weighted by Crippen LogP contribution is -2.41. The average Bonchev–Trinajstić information content (AvgIpc) is 2.84. The second-order valence-corrected chi connectivity index (χ2v) is 7.90. The number of nitrogens with one attached hydrogen (secondary N) is 2. The van der Waals surface area contributed by atoms with Gasteiger partial charge in [0.05, 0.1) is 23.0 Å². The van der Waals surface area contributed by atoms with Crippen molar-refractivity contribution in [3.63, 3.8) is 0 Å².